The first-order valence-corrected chi connectivity index (χ1v) is 9.79. The summed E-state index contributed by atoms with van der Waals surface area (Å²) in [5, 5.41) is 13.0. The van der Waals surface area contributed by atoms with Crippen molar-refractivity contribution in [2.45, 2.75) is 31.3 Å². The standard InChI is InChI=1S/C19H27ClN6O2/c1-24(2)19(18-21-22-23-26(18)10-11-28-3)8-5-9-25(14-19)17(27)13-15-6-4-7-16(20)12-15/h4,6-7,12H,5,8-11,13-14H2,1-3H3. The first-order chi connectivity index (χ1) is 13.5. The van der Waals surface area contributed by atoms with Crippen LogP contribution in [-0.2, 0) is 28.0 Å². The largest absolute Gasteiger partial charge is 0.383 e. The van der Waals surface area contributed by atoms with Gasteiger partial charge < -0.3 is 9.64 Å². The molecule has 2 heterocycles. The van der Waals surface area contributed by atoms with Crippen molar-refractivity contribution in [2.24, 2.45) is 0 Å². The zero-order valence-corrected chi connectivity index (χ0v) is 17.4. The summed E-state index contributed by atoms with van der Waals surface area (Å²) in [4.78, 5) is 17.0. The highest BCUT2D eigenvalue weighted by Gasteiger charge is 2.44. The van der Waals surface area contributed by atoms with Crippen LogP contribution in [0.15, 0.2) is 24.3 Å². The summed E-state index contributed by atoms with van der Waals surface area (Å²) in [6.45, 7) is 2.38. The lowest BCUT2D eigenvalue weighted by Crippen LogP contribution is -2.56. The van der Waals surface area contributed by atoms with Crippen LogP contribution < -0.4 is 0 Å². The number of likely N-dealkylation sites (tertiary alicyclic amines) is 1. The fourth-order valence-corrected chi connectivity index (χ4v) is 4.01. The van der Waals surface area contributed by atoms with Gasteiger partial charge in [-0.2, -0.15) is 0 Å². The highest BCUT2D eigenvalue weighted by Crippen LogP contribution is 2.34. The average Bonchev–Trinajstić information content (AvgIpc) is 3.15. The lowest BCUT2D eigenvalue weighted by molar-refractivity contribution is -0.134. The molecule has 0 radical (unpaired) electrons. The summed E-state index contributed by atoms with van der Waals surface area (Å²) in [6.07, 6.45) is 2.10. The Bertz CT molecular complexity index is 811. The maximum atomic E-state index is 13.0. The molecule has 1 saturated heterocycles. The molecular formula is C19H27ClN6O2. The molecule has 1 fully saturated rings. The Morgan fingerprint density at radius 2 is 2.21 bits per heavy atom. The normalized spacial score (nSPS) is 20.0. The molecule has 0 saturated carbocycles. The van der Waals surface area contributed by atoms with E-state index in [0.717, 1.165) is 30.8 Å². The van der Waals surface area contributed by atoms with Crippen molar-refractivity contribution in [2.75, 3.05) is 40.9 Å². The molecule has 0 spiro atoms. The maximum Gasteiger partial charge on any atom is 0.227 e. The van der Waals surface area contributed by atoms with Crippen molar-refractivity contribution in [1.29, 1.82) is 0 Å². The number of hydrogen-bond acceptors (Lipinski definition) is 6. The fraction of sp³-hybridized carbons (Fsp3) is 0.579. The molecule has 1 amide bonds. The third-order valence-corrected chi connectivity index (χ3v) is 5.61. The molecule has 1 unspecified atom stereocenters. The van der Waals surface area contributed by atoms with Gasteiger partial charge in [0.1, 0.15) is 5.54 Å². The number of benzene rings is 1. The van der Waals surface area contributed by atoms with E-state index in [1.54, 1.807) is 11.8 Å². The smallest absolute Gasteiger partial charge is 0.227 e. The summed E-state index contributed by atoms with van der Waals surface area (Å²) >= 11 is 6.06. The second-order valence-electron chi connectivity index (χ2n) is 7.37. The summed E-state index contributed by atoms with van der Waals surface area (Å²) in [7, 11) is 5.68. The number of amides is 1. The first-order valence-electron chi connectivity index (χ1n) is 9.41. The molecule has 9 heteroatoms. The van der Waals surface area contributed by atoms with E-state index in [-0.39, 0.29) is 5.91 Å². The molecule has 0 bridgehead atoms. The van der Waals surface area contributed by atoms with Gasteiger partial charge in [0, 0.05) is 25.2 Å². The van der Waals surface area contributed by atoms with Gasteiger partial charge in [-0.25, -0.2) is 4.68 Å². The van der Waals surface area contributed by atoms with Gasteiger partial charge in [-0.15, -0.1) is 5.10 Å². The number of carbonyl (C=O) groups is 1. The number of carbonyl (C=O) groups excluding carboxylic acids is 1. The van der Waals surface area contributed by atoms with Crippen LogP contribution in [0.4, 0.5) is 0 Å². The van der Waals surface area contributed by atoms with Gasteiger partial charge >= 0.3 is 0 Å². The minimum atomic E-state index is -0.431. The van der Waals surface area contributed by atoms with Crippen LogP contribution in [0, 0.1) is 0 Å². The third-order valence-electron chi connectivity index (χ3n) is 5.38. The number of ether oxygens (including phenoxy) is 1. The fourth-order valence-electron chi connectivity index (χ4n) is 3.80. The van der Waals surface area contributed by atoms with E-state index in [1.165, 1.54) is 0 Å². The van der Waals surface area contributed by atoms with E-state index in [4.69, 9.17) is 16.3 Å². The van der Waals surface area contributed by atoms with Crippen LogP contribution in [0.1, 0.15) is 24.2 Å². The van der Waals surface area contributed by atoms with Crippen LogP contribution in [-0.4, -0.2) is 76.8 Å². The minimum absolute atomic E-state index is 0.0871. The molecule has 1 aromatic carbocycles. The van der Waals surface area contributed by atoms with E-state index in [1.807, 2.05) is 43.3 Å². The molecule has 1 aliphatic heterocycles. The minimum Gasteiger partial charge on any atom is -0.383 e. The van der Waals surface area contributed by atoms with Crippen molar-refractivity contribution in [3.05, 3.63) is 40.7 Å². The number of rotatable bonds is 7. The van der Waals surface area contributed by atoms with Crippen molar-refractivity contribution >= 4 is 17.5 Å². The van der Waals surface area contributed by atoms with Crippen LogP contribution >= 0.6 is 11.6 Å². The molecule has 1 aromatic heterocycles. The van der Waals surface area contributed by atoms with Gasteiger partial charge in [-0.3, -0.25) is 9.69 Å². The van der Waals surface area contributed by atoms with Gasteiger partial charge in [0.05, 0.1) is 19.6 Å². The zero-order chi connectivity index (χ0) is 20.1. The van der Waals surface area contributed by atoms with E-state index in [9.17, 15) is 4.79 Å². The number of methoxy groups -OCH3 is 1. The number of piperidine rings is 1. The molecular weight excluding hydrogens is 380 g/mol. The second kappa shape index (κ2) is 8.98. The lowest BCUT2D eigenvalue weighted by Gasteiger charge is -2.45. The Morgan fingerprint density at radius 3 is 2.93 bits per heavy atom. The molecule has 1 aliphatic rings. The van der Waals surface area contributed by atoms with Crippen molar-refractivity contribution in [3.8, 4) is 0 Å². The molecule has 0 aliphatic carbocycles. The number of likely N-dealkylation sites (N-methyl/N-ethyl adjacent to an activating group) is 1. The number of nitrogens with zero attached hydrogens (tertiary/aromatic N) is 6. The summed E-state index contributed by atoms with van der Waals surface area (Å²) < 4.78 is 6.97. The molecule has 8 nitrogen and oxygen atoms in total. The van der Waals surface area contributed by atoms with Crippen LogP contribution in [0.2, 0.25) is 5.02 Å². The van der Waals surface area contributed by atoms with Crippen molar-refractivity contribution in [3.63, 3.8) is 0 Å². The number of aromatic nitrogens is 4. The SMILES string of the molecule is COCCn1nnnc1C1(N(C)C)CCCN(C(=O)Cc2cccc(Cl)c2)C1. The van der Waals surface area contributed by atoms with E-state index in [0.29, 0.717) is 31.1 Å². The highest BCUT2D eigenvalue weighted by atomic mass is 35.5. The summed E-state index contributed by atoms with van der Waals surface area (Å²) in [6, 6.07) is 7.45. The number of tetrazole rings is 1. The van der Waals surface area contributed by atoms with Crippen LogP contribution in [0.5, 0.6) is 0 Å². The molecule has 2 aromatic rings. The first kappa shape index (κ1) is 20.7. The Hall–Kier alpha value is -2.03. The molecule has 152 valence electrons. The summed E-state index contributed by atoms with van der Waals surface area (Å²) in [5.74, 6) is 0.860. The molecule has 3 rings (SSSR count). The predicted octanol–water partition coefficient (Wildman–Crippen LogP) is 1.59. The van der Waals surface area contributed by atoms with Crippen LogP contribution in [0.3, 0.4) is 0 Å². The van der Waals surface area contributed by atoms with E-state index >= 15 is 0 Å². The maximum absolute atomic E-state index is 13.0. The highest BCUT2D eigenvalue weighted by molar-refractivity contribution is 6.30. The van der Waals surface area contributed by atoms with Gasteiger partial charge in [-0.1, -0.05) is 23.7 Å². The average molecular weight is 407 g/mol. The van der Waals surface area contributed by atoms with Gasteiger partial charge in [0.25, 0.3) is 0 Å². The Balaban J connectivity index is 1.82. The summed E-state index contributed by atoms with van der Waals surface area (Å²) in [5.41, 5.74) is 0.489. The lowest BCUT2D eigenvalue weighted by atomic mass is 9.86. The Kier molecular flexibility index (Phi) is 6.64. The predicted molar refractivity (Wildman–Crippen MR) is 106 cm³/mol. The van der Waals surface area contributed by atoms with Gasteiger partial charge in [0.15, 0.2) is 5.82 Å². The van der Waals surface area contributed by atoms with Crippen LogP contribution in [0.25, 0.3) is 0 Å². The second-order valence-corrected chi connectivity index (χ2v) is 7.81. The van der Waals surface area contributed by atoms with E-state index in [2.05, 4.69) is 20.4 Å². The topological polar surface area (TPSA) is 76.4 Å². The number of hydrogen-bond donors (Lipinski definition) is 0. The quantitative estimate of drug-likeness (QED) is 0.695. The zero-order valence-electron chi connectivity index (χ0n) is 16.6. The Morgan fingerprint density at radius 1 is 1.39 bits per heavy atom. The van der Waals surface area contributed by atoms with E-state index < -0.39 is 5.54 Å². The molecule has 28 heavy (non-hydrogen) atoms. The van der Waals surface area contributed by atoms with Gasteiger partial charge in [-0.05, 0) is 55.1 Å². The monoisotopic (exact) mass is 406 g/mol. The van der Waals surface area contributed by atoms with Crippen molar-refractivity contribution < 1.29 is 9.53 Å². The molecule has 0 N–H and O–H groups in total. The Labute approximate surface area is 170 Å². The number of halogens is 1. The van der Waals surface area contributed by atoms with Gasteiger partial charge in [0.2, 0.25) is 5.91 Å². The third kappa shape index (κ3) is 4.34. The molecule has 1 atom stereocenters. The van der Waals surface area contributed by atoms with Crippen molar-refractivity contribution in [1.82, 2.24) is 30.0 Å².